The Morgan fingerprint density at radius 1 is 1.16 bits per heavy atom. The van der Waals surface area contributed by atoms with Crippen molar-refractivity contribution in [2.24, 2.45) is 5.41 Å². The molecule has 0 unspecified atom stereocenters. The second kappa shape index (κ2) is 6.04. The average molecular weight is 265 g/mol. The molecule has 1 aliphatic carbocycles. The summed E-state index contributed by atoms with van der Waals surface area (Å²) in [5, 5.41) is 6.25. The van der Waals surface area contributed by atoms with Crippen molar-refractivity contribution in [3.8, 4) is 6.01 Å². The van der Waals surface area contributed by atoms with Gasteiger partial charge in [0.1, 0.15) is 0 Å². The highest BCUT2D eigenvalue weighted by atomic mass is 16.5. The first-order valence-corrected chi connectivity index (χ1v) is 7.02. The molecule has 2 rings (SSSR count). The average Bonchev–Trinajstić information content (AvgIpc) is 3.17. The van der Waals surface area contributed by atoms with E-state index in [-0.39, 0.29) is 0 Å². The van der Waals surface area contributed by atoms with Crippen molar-refractivity contribution in [1.29, 1.82) is 0 Å². The minimum absolute atomic E-state index is 0.365. The van der Waals surface area contributed by atoms with Gasteiger partial charge in [-0.05, 0) is 31.6 Å². The number of anilines is 2. The molecule has 0 amide bonds. The third-order valence-corrected chi connectivity index (χ3v) is 3.47. The summed E-state index contributed by atoms with van der Waals surface area (Å²) in [7, 11) is 1.79. The van der Waals surface area contributed by atoms with Crippen LogP contribution in [0.1, 0.15) is 39.5 Å². The van der Waals surface area contributed by atoms with Crippen molar-refractivity contribution in [1.82, 2.24) is 15.0 Å². The largest absolute Gasteiger partial charge is 0.464 e. The lowest BCUT2D eigenvalue weighted by Crippen LogP contribution is -2.17. The molecule has 0 saturated heterocycles. The topological polar surface area (TPSA) is 72.0 Å². The van der Waals surface area contributed by atoms with Crippen LogP contribution in [-0.2, 0) is 0 Å². The second-order valence-electron chi connectivity index (χ2n) is 5.05. The maximum Gasteiger partial charge on any atom is 0.323 e. The number of nitrogens with zero attached hydrogens (tertiary/aromatic N) is 3. The highest BCUT2D eigenvalue weighted by molar-refractivity contribution is 5.35. The molecule has 0 spiro atoms. The van der Waals surface area contributed by atoms with Crippen LogP contribution < -0.4 is 15.4 Å². The van der Waals surface area contributed by atoms with Crippen molar-refractivity contribution in [3.63, 3.8) is 0 Å². The second-order valence-corrected chi connectivity index (χ2v) is 5.05. The molecule has 1 aliphatic rings. The van der Waals surface area contributed by atoms with Gasteiger partial charge in [0.15, 0.2) is 0 Å². The van der Waals surface area contributed by atoms with Crippen LogP contribution in [0.15, 0.2) is 0 Å². The fraction of sp³-hybridized carbons (Fsp3) is 0.769. The Balaban J connectivity index is 2.00. The summed E-state index contributed by atoms with van der Waals surface area (Å²) in [6.07, 6.45) is 5.10. The standard InChI is InChI=1S/C13H23N5O/c1-4-6-13(7-8-13)9-15-11-16-10(14-3)17-12(18-11)19-5-2/h4-9H2,1-3H3,(H2,14,15,16,17,18). The van der Waals surface area contributed by atoms with Gasteiger partial charge >= 0.3 is 6.01 Å². The highest BCUT2D eigenvalue weighted by Crippen LogP contribution is 2.49. The Bertz CT molecular complexity index is 419. The maximum atomic E-state index is 5.34. The normalized spacial score (nSPS) is 15.9. The molecule has 1 aromatic rings. The Kier molecular flexibility index (Phi) is 4.39. The van der Waals surface area contributed by atoms with Crippen LogP contribution in [0.5, 0.6) is 6.01 Å². The molecule has 1 heterocycles. The predicted octanol–water partition coefficient (Wildman–Crippen LogP) is 2.30. The number of nitrogens with one attached hydrogen (secondary N) is 2. The fourth-order valence-corrected chi connectivity index (χ4v) is 2.23. The molecule has 1 saturated carbocycles. The first-order chi connectivity index (χ1) is 9.21. The van der Waals surface area contributed by atoms with Crippen molar-refractivity contribution in [2.75, 3.05) is 30.8 Å². The zero-order chi connectivity index (χ0) is 13.7. The van der Waals surface area contributed by atoms with Crippen LogP contribution >= 0.6 is 0 Å². The van der Waals surface area contributed by atoms with Crippen molar-refractivity contribution < 1.29 is 4.74 Å². The van der Waals surface area contributed by atoms with Crippen LogP contribution in [0, 0.1) is 5.41 Å². The van der Waals surface area contributed by atoms with Gasteiger partial charge in [-0.3, -0.25) is 0 Å². The molecular formula is C13H23N5O. The molecule has 0 atom stereocenters. The summed E-state index contributed by atoms with van der Waals surface area (Å²) < 4.78 is 5.34. The highest BCUT2D eigenvalue weighted by Gasteiger charge is 2.41. The van der Waals surface area contributed by atoms with Gasteiger partial charge in [0.25, 0.3) is 0 Å². The number of ether oxygens (including phenoxy) is 1. The summed E-state index contributed by atoms with van der Waals surface area (Å²) >= 11 is 0. The first kappa shape index (κ1) is 13.8. The number of aromatic nitrogens is 3. The van der Waals surface area contributed by atoms with E-state index in [9.17, 15) is 0 Å². The molecule has 0 aromatic carbocycles. The summed E-state index contributed by atoms with van der Waals surface area (Å²) in [5.41, 5.74) is 0.465. The van der Waals surface area contributed by atoms with Crippen molar-refractivity contribution in [3.05, 3.63) is 0 Å². The van der Waals surface area contributed by atoms with Gasteiger partial charge in [-0.1, -0.05) is 13.3 Å². The molecule has 0 radical (unpaired) electrons. The monoisotopic (exact) mass is 265 g/mol. The minimum Gasteiger partial charge on any atom is -0.464 e. The van der Waals surface area contributed by atoms with Crippen LogP contribution in [0.3, 0.4) is 0 Å². The quantitative estimate of drug-likeness (QED) is 0.751. The lowest BCUT2D eigenvalue weighted by atomic mass is 10.0. The van der Waals surface area contributed by atoms with Gasteiger partial charge in [-0.2, -0.15) is 15.0 Å². The molecular weight excluding hydrogens is 242 g/mol. The first-order valence-electron chi connectivity index (χ1n) is 7.02. The van der Waals surface area contributed by atoms with E-state index in [1.165, 1.54) is 25.7 Å². The van der Waals surface area contributed by atoms with Crippen LogP contribution in [0.4, 0.5) is 11.9 Å². The molecule has 6 heteroatoms. The maximum absolute atomic E-state index is 5.34. The summed E-state index contributed by atoms with van der Waals surface area (Å²) in [5.74, 6) is 1.12. The summed E-state index contributed by atoms with van der Waals surface area (Å²) in [6, 6.07) is 0.365. The predicted molar refractivity (Wildman–Crippen MR) is 75.6 cm³/mol. The van der Waals surface area contributed by atoms with Crippen LogP contribution in [-0.4, -0.2) is 35.2 Å². The van der Waals surface area contributed by atoms with E-state index in [1.54, 1.807) is 7.05 Å². The molecule has 2 N–H and O–H groups in total. The third kappa shape index (κ3) is 3.68. The number of rotatable bonds is 8. The smallest absolute Gasteiger partial charge is 0.323 e. The molecule has 106 valence electrons. The van der Waals surface area contributed by atoms with Crippen LogP contribution in [0.25, 0.3) is 0 Å². The summed E-state index contributed by atoms with van der Waals surface area (Å²) in [4.78, 5) is 12.7. The molecule has 0 aliphatic heterocycles. The number of hydrogen-bond donors (Lipinski definition) is 2. The van der Waals surface area contributed by atoms with Gasteiger partial charge in [-0.25, -0.2) is 0 Å². The zero-order valence-electron chi connectivity index (χ0n) is 12.0. The van der Waals surface area contributed by atoms with Gasteiger partial charge in [0.2, 0.25) is 11.9 Å². The minimum atomic E-state index is 0.365. The van der Waals surface area contributed by atoms with E-state index >= 15 is 0 Å². The van der Waals surface area contributed by atoms with E-state index < -0.39 is 0 Å². The van der Waals surface area contributed by atoms with E-state index in [0.717, 1.165) is 6.54 Å². The third-order valence-electron chi connectivity index (χ3n) is 3.47. The lowest BCUT2D eigenvalue weighted by molar-refractivity contribution is 0.312. The van der Waals surface area contributed by atoms with Gasteiger partial charge < -0.3 is 15.4 Å². The van der Waals surface area contributed by atoms with Crippen molar-refractivity contribution >= 4 is 11.9 Å². The molecule has 6 nitrogen and oxygen atoms in total. The van der Waals surface area contributed by atoms with E-state index in [0.29, 0.717) is 29.9 Å². The Morgan fingerprint density at radius 2 is 1.89 bits per heavy atom. The van der Waals surface area contributed by atoms with E-state index in [1.807, 2.05) is 6.92 Å². The van der Waals surface area contributed by atoms with E-state index in [4.69, 9.17) is 4.74 Å². The van der Waals surface area contributed by atoms with Crippen LogP contribution in [0.2, 0.25) is 0 Å². The molecule has 1 fully saturated rings. The lowest BCUT2D eigenvalue weighted by Gasteiger charge is -2.15. The van der Waals surface area contributed by atoms with E-state index in [2.05, 4.69) is 32.5 Å². The van der Waals surface area contributed by atoms with Crippen molar-refractivity contribution in [2.45, 2.75) is 39.5 Å². The molecule has 19 heavy (non-hydrogen) atoms. The SMILES string of the molecule is CCCC1(CNc2nc(NC)nc(OCC)n2)CC1. The van der Waals surface area contributed by atoms with Gasteiger partial charge in [-0.15, -0.1) is 0 Å². The molecule has 0 bridgehead atoms. The van der Waals surface area contributed by atoms with Gasteiger partial charge in [0, 0.05) is 13.6 Å². The molecule has 1 aromatic heterocycles. The number of hydrogen-bond acceptors (Lipinski definition) is 6. The Hall–Kier alpha value is -1.59. The van der Waals surface area contributed by atoms with Gasteiger partial charge in [0.05, 0.1) is 6.61 Å². The Morgan fingerprint density at radius 3 is 2.47 bits per heavy atom. The fourth-order valence-electron chi connectivity index (χ4n) is 2.23. The Labute approximate surface area is 114 Å². The summed E-state index contributed by atoms with van der Waals surface area (Å²) in [6.45, 7) is 5.62. The zero-order valence-corrected chi connectivity index (χ0v) is 12.0.